The van der Waals surface area contributed by atoms with E-state index in [9.17, 15) is 15.0 Å². The van der Waals surface area contributed by atoms with Crippen molar-refractivity contribution in [1.82, 2.24) is 0 Å². The first-order chi connectivity index (χ1) is 13.9. The molecule has 0 amide bonds. The SMILES string of the molecule is CCCCCC(O)(CC=C1CC[C@H](O)[C@@H]1CCCCCCC(=O)O)CCCCC. The molecule has 0 aliphatic heterocycles. The second kappa shape index (κ2) is 15.0. The minimum absolute atomic E-state index is 0.227. The molecular formula is C25H46O4. The maximum absolute atomic E-state index is 11.2. The van der Waals surface area contributed by atoms with Gasteiger partial charge in [-0.25, -0.2) is 0 Å². The maximum atomic E-state index is 11.2. The normalized spacial score (nSPS) is 21.2. The Morgan fingerprint density at radius 3 is 2.21 bits per heavy atom. The highest BCUT2D eigenvalue weighted by Crippen LogP contribution is 2.37. The van der Waals surface area contributed by atoms with Crippen LogP contribution in [0.1, 0.15) is 123 Å². The topological polar surface area (TPSA) is 77.8 Å². The lowest BCUT2D eigenvalue weighted by Gasteiger charge is -2.28. The van der Waals surface area contributed by atoms with E-state index >= 15 is 0 Å². The van der Waals surface area contributed by atoms with E-state index in [0.717, 1.165) is 77.0 Å². The lowest BCUT2D eigenvalue weighted by atomic mass is 9.85. The van der Waals surface area contributed by atoms with Crippen LogP contribution in [0.4, 0.5) is 0 Å². The second-order valence-electron chi connectivity index (χ2n) is 9.18. The summed E-state index contributed by atoms with van der Waals surface area (Å²) < 4.78 is 0. The van der Waals surface area contributed by atoms with Crippen LogP contribution in [0.2, 0.25) is 0 Å². The number of aliphatic hydroxyl groups excluding tert-OH is 1. The van der Waals surface area contributed by atoms with Crippen molar-refractivity contribution in [2.75, 3.05) is 0 Å². The first-order valence-electron chi connectivity index (χ1n) is 12.2. The third kappa shape index (κ3) is 11.2. The van der Waals surface area contributed by atoms with Crippen molar-refractivity contribution in [3.8, 4) is 0 Å². The summed E-state index contributed by atoms with van der Waals surface area (Å²) in [4.78, 5) is 10.6. The number of carbonyl (C=O) groups is 1. The van der Waals surface area contributed by atoms with Crippen molar-refractivity contribution in [3.05, 3.63) is 11.6 Å². The summed E-state index contributed by atoms with van der Waals surface area (Å²) >= 11 is 0. The van der Waals surface area contributed by atoms with Crippen LogP contribution in [0.25, 0.3) is 0 Å². The molecule has 29 heavy (non-hydrogen) atoms. The largest absolute Gasteiger partial charge is 0.481 e. The van der Waals surface area contributed by atoms with Gasteiger partial charge in [-0.15, -0.1) is 0 Å². The molecule has 3 N–H and O–H groups in total. The molecular weight excluding hydrogens is 364 g/mol. The molecule has 0 unspecified atom stereocenters. The molecule has 0 spiro atoms. The third-order valence-electron chi connectivity index (χ3n) is 6.56. The predicted octanol–water partition coefficient (Wildman–Crippen LogP) is 6.39. The Morgan fingerprint density at radius 2 is 1.62 bits per heavy atom. The Labute approximate surface area is 178 Å². The number of hydrogen-bond donors (Lipinski definition) is 3. The molecule has 1 fully saturated rings. The molecule has 1 aliphatic rings. The van der Waals surface area contributed by atoms with Gasteiger partial charge in [-0.2, -0.15) is 0 Å². The predicted molar refractivity (Wildman–Crippen MR) is 120 cm³/mol. The van der Waals surface area contributed by atoms with Crippen LogP contribution in [0.15, 0.2) is 11.6 Å². The van der Waals surface area contributed by atoms with Crippen molar-refractivity contribution in [2.45, 2.75) is 135 Å². The van der Waals surface area contributed by atoms with E-state index in [4.69, 9.17) is 5.11 Å². The first kappa shape index (κ1) is 26.2. The lowest BCUT2D eigenvalue weighted by Crippen LogP contribution is -2.28. The van der Waals surface area contributed by atoms with Crippen molar-refractivity contribution < 1.29 is 20.1 Å². The maximum Gasteiger partial charge on any atom is 0.303 e. The van der Waals surface area contributed by atoms with Crippen LogP contribution in [0, 0.1) is 5.92 Å². The van der Waals surface area contributed by atoms with E-state index in [2.05, 4.69) is 19.9 Å². The van der Waals surface area contributed by atoms with Gasteiger partial charge in [0, 0.05) is 12.3 Å². The van der Waals surface area contributed by atoms with E-state index in [1.807, 2.05) is 0 Å². The Bertz CT molecular complexity index is 461. The lowest BCUT2D eigenvalue weighted by molar-refractivity contribution is -0.137. The quantitative estimate of drug-likeness (QED) is 0.192. The molecule has 0 aromatic carbocycles. The zero-order valence-corrected chi connectivity index (χ0v) is 19.0. The van der Waals surface area contributed by atoms with E-state index in [1.165, 1.54) is 31.3 Å². The molecule has 0 aromatic rings. The molecule has 4 nitrogen and oxygen atoms in total. The number of rotatable bonds is 17. The van der Waals surface area contributed by atoms with Crippen molar-refractivity contribution in [3.63, 3.8) is 0 Å². The fourth-order valence-electron chi connectivity index (χ4n) is 4.63. The average Bonchev–Trinajstić information content (AvgIpc) is 3.03. The minimum atomic E-state index is -0.716. The van der Waals surface area contributed by atoms with Gasteiger partial charge in [0.2, 0.25) is 0 Å². The molecule has 0 saturated heterocycles. The van der Waals surface area contributed by atoms with Crippen LogP contribution in [0.3, 0.4) is 0 Å². The Kier molecular flexibility index (Phi) is 13.5. The van der Waals surface area contributed by atoms with Crippen LogP contribution in [0.5, 0.6) is 0 Å². The van der Waals surface area contributed by atoms with Crippen molar-refractivity contribution >= 4 is 5.97 Å². The number of carboxylic acid groups (broad SMARTS) is 1. The average molecular weight is 411 g/mol. The Balaban J connectivity index is 2.54. The van der Waals surface area contributed by atoms with E-state index in [1.54, 1.807) is 0 Å². The van der Waals surface area contributed by atoms with Gasteiger partial charge in [0.25, 0.3) is 0 Å². The summed E-state index contributed by atoms with van der Waals surface area (Å²) in [6.45, 7) is 4.40. The number of hydrogen-bond acceptors (Lipinski definition) is 3. The van der Waals surface area contributed by atoms with Gasteiger partial charge < -0.3 is 15.3 Å². The summed E-state index contributed by atoms with van der Waals surface area (Å²) in [5.41, 5.74) is 0.749. The molecule has 1 rings (SSSR count). The van der Waals surface area contributed by atoms with E-state index < -0.39 is 11.6 Å². The van der Waals surface area contributed by atoms with Gasteiger partial charge in [0.15, 0.2) is 0 Å². The van der Waals surface area contributed by atoms with Gasteiger partial charge >= 0.3 is 5.97 Å². The summed E-state index contributed by atoms with van der Waals surface area (Å²) in [6, 6.07) is 0. The highest BCUT2D eigenvalue weighted by atomic mass is 16.4. The van der Waals surface area contributed by atoms with Crippen LogP contribution in [-0.4, -0.2) is 33.0 Å². The number of aliphatic hydroxyl groups is 2. The number of unbranched alkanes of at least 4 members (excludes halogenated alkanes) is 7. The first-order valence-corrected chi connectivity index (χ1v) is 12.2. The molecule has 0 radical (unpaired) electrons. The van der Waals surface area contributed by atoms with Crippen molar-refractivity contribution in [1.29, 1.82) is 0 Å². The highest BCUT2D eigenvalue weighted by molar-refractivity contribution is 5.66. The standard InChI is InChI=1S/C25H46O4/c1-3-5-11-18-25(29,19-12-6-4-2)20-17-21-15-16-23(26)22(21)13-9-7-8-10-14-24(27)28/h17,22-23,26,29H,3-16,18-20H2,1-2H3,(H,27,28)/t22-,23+/m1/s1. The molecule has 0 bridgehead atoms. The zero-order chi connectivity index (χ0) is 21.5. The summed E-state index contributed by atoms with van der Waals surface area (Å²) in [6.07, 6.45) is 18.1. The van der Waals surface area contributed by atoms with Crippen LogP contribution in [-0.2, 0) is 4.79 Å². The fraction of sp³-hybridized carbons (Fsp3) is 0.880. The summed E-state index contributed by atoms with van der Waals surface area (Å²) in [5, 5.41) is 30.4. The Morgan fingerprint density at radius 1 is 1.00 bits per heavy atom. The smallest absolute Gasteiger partial charge is 0.303 e. The van der Waals surface area contributed by atoms with Crippen LogP contribution >= 0.6 is 0 Å². The monoisotopic (exact) mass is 410 g/mol. The summed E-state index contributed by atoms with van der Waals surface area (Å²) in [7, 11) is 0. The molecule has 2 atom stereocenters. The van der Waals surface area contributed by atoms with Gasteiger partial charge in [0.1, 0.15) is 0 Å². The molecule has 0 heterocycles. The minimum Gasteiger partial charge on any atom is -0.481 e. The summed E-state index contributed by atoms with van der Waals surface area (Å²) in [5.74, 6) is -0.489. The molecule has 1 saturated carbocycles. The third-order valence-corrected chi connectivity index (χ3v) is 6.56. The second-order valence-corrected chi connectivity index (χ2v) is 9.18. The molecule has 0 aromatic heterocycles. The van der Waals surface area contributed by atoms with Gasteiger partial charge in [-0.05, 0) is 44.9 Å². The highest BCUT2D eigenvalue weighted by Gasteiger charge is 2.31. The van der Waals surface area contributed by atoms with E-state index in [0.29, 0.717) is 0 Å². The zero-order valence-electron chi connectivity index (χ0n) is 19.0. The number of carboxylic acids is 1. The van der Waals surface area contributed by atoms with Gasteiger partial charge in [-0.3, -0.25) is 4.79 Å². The van der Waals surface area contributed by atoms with Crippen LogP contribution < -0.4 is 0 Å². The van der Waals surface area contributed by atoms with Gasteiger partial charge in [0.05, 0.1) is 11.7 Å². The van der Waals surface area contributed by atoms with Gasteiger partial charge in [-0.1, -0.05) is 83.3 Å². The Hall–Kier alpha value is -0.870. The molecule has 170 valence electrons. The number of aliphatic carboxylic acids is 1. The molecule has 4 heteroatoms. The molecule has 1 aliphatic carbocycles. The van der Waals surface area contributed by atoms with E-state index in [-0.39, 0.29) is 18.4 Å². The fourth-order valence-corrected chi connectivity index (χ4v) is 4.63. The van der Waals surface area contributed by atoms with Crippen molar-refractivity contribution in [2.24, 2.45) is 5.92 Å².